The van der Waals surface area contributed by atoms with Gasteiger partial charge in [-0.1, -0.05) is 18.2 Å². The Kier molecular flexibility index (Phi) is 5.15. The highest BCUT2D eigenvalue weighted by Crippen LogP contribution is 2.20. The number of pyridine rings is 1. The number of allylic oxidation sites excluding steroid dienone is 2. The van der Waals surface area contributed by atoms with Gasteiger partial charge in [0.25, 0.3) is 5.91 Å². The Morgan fingerprint density at radius 3 is 2.76 bits per heavy atom. The van der Waals surface area contributed by atoms with Gasteiger partial charge >= 0.3 is 0 Å². The number of nitrogens with one attached hydrogen (secondary N) is 3. The number of anilines is 2. The molecule has 0 atom stereocenters. The first-order valence-electron chi connectivity index (χ1n) is 9.32. The summed E-state index contributed by atoms with van der Waals surface area (Å²) < 4.78 is 0. The molecule has 3 heterocycles. The molecule has 0 bridgehead atoms. The molecule has 0 fully saturated rings. The van der Waals surface area contributed by atoms with E-state index in [0.29, 0.717) is 29.7 Å². The molecular formula is C21H21N7O. The van der Waals surface area contributed by atoms with Gasteiger partial charge in [-0.2, -0.15) is 5.10 Å². The molecule has 1 aliphatic rings. The fourth-order valence-electron chi connectivity index (χ4n) is 2.95. The molecule has 0 radical (unpaired) electrons. The van der Waals surface area contributed by atoms with Crippen LogP contribution in [0.15, 0.2) is 54.3 Å². The molecular weight excluding hydrogens is 366 g/mol. The van der Waals surface area contributed by atoms with Crippen molar-refractivity contribution < 1.29 is 4.79 Å². The number of nitrogens with zero attached hydrogens (tertiary/aromatic N) is 4. The SMILES string of the molecule is Cc1cc(Nc2cc(C)[nH]n2)nc(-c2ccc(C(=O)NCC3=CCC=C3)nc2)n1. The maximum absolute atomic E-state index is 12.3. The highest BCUT2D eigenvalue weighted by atomic mass is 16.1. The number of aromatic amines is 1. The number of hydrogen-bond acceptors (Lipinski definition) is 6. The van der Waals surface area contributed by atoms with Gasteiger partial charge in [0.2, 0.25) is 0 Å². The molecule has 8 nitrogen and oxygen atoms in total. The summed E-state index contributed by atoms with van der Waals surface area (Å²) in [5.74, 6) is 1.64. The predicted molar refractivity (Wildman–Crippen MR) is 111 cm³/mol. The van der Waals surface area contributed by atoms with E-state index in [9.17, 15) is 4.79 Å². The van der Waals surface area contributed by atoms with Crippen LogP contribution >= 0.6 is 0 Å². The highest BCUT2D eigenvalue weighted by molar-refractivity contribution is 5.92. The third kappa shape index (κ3) is 4.55. The van der Waals surface area contributed by atoms with Gasteiger partial charge in [-0.25, -0.2) is 9.97 Å². The van der Waals surface area contributed by atoms with Gasteiger partial charge < -0.3 is 10.6 Å². The number of H-pyrrole nitrogens is 1. The van der Waals surface area contributed by atoms with Crippen LogP contribution in [-0.2, 0) is 0 Å². The van der Waals surface area contributed by atoms with Crippen molar-refractivity contribution in [2.75, 3.05) is 11.9 Å². The Morgan fingerprint density at radius 1 is 1.17 bits per heavy atom. The van der Waals surface area contributed by atoms with Crippen LogP contribution in [-0.4, -0.2) is 37.6 Å². The van der Waals surface area contributed by atoms with E-state index in [4.69, 9.17) is 0 Å². The minimum atomic E-state index is -0.209. The standard InChI is InChI=1S/C21H21N7O/c1-13-9-18(25-19-10-14(2)27-28-19)26-20(24-13)16-7-8-17(22-12-16)21(29)23-11-15-5-3-4-6-15/h3,5-10,12H,4,11H2,1-2H3,(H,23,29)(H2,24,25,26,27,28). The van der Waals surface area contributed by atoms with Crippen molar-refractivity contribution >= 4 is 17.5 Å². The van der Waals surface area contributed by atoms with Crippen molar-refractivity contribution in [2.45, 2.75) is 20.3 Å². The van der Waals surface area contributed by atoms with Crippen LogP contribution in [0.4, 0.5) is 11.6 Å². The lowest BCUT2D eigenvalue weighted by molar-refractivity contribution is 0.0952. The van der Waals surface area contributed by atoms with Gasteiger partial charge in [-0.05, 0) is 38.0 Å². The van der Waals surface area contributed by atoms with Crippen LogP contribution < -0.4 is 10.6 Å². The molecule has 8 heteroatoms. The van der Waals surface area contributed by atoms with Crippen molar-refractivity contribution in [2.24, 2.45) is 0 Å². The normalized spacial score (nSPS) is 12.7. The van der Waals surface area contributed by atoms with Crippen molar-refractivity contribution in [3.63, 3.8) is 0 Å². The zero-order valence-corrected chi connectivity index (χ0v) is 16.2. The van der Waals surface area contributed by atoms with Gasteiger partial charge in [0.15, 0.2) is 11.6 Å². The first kappa shape index (κ1) is 18.5. The molecule has 1 aliphatic carbocycles. The summed E-state index contributed by atoms with van der Waals surface area (Å²) in [4.78, 5) is 25.6. The first-order chi connectivity index (χ1) is 14.1. The molecule has 3 aromatic heterocycles. The molecule has 3 aromatic rings. The van der Waals surface area contributed by atoms with Crippen LogP contribution in [0.3, 0.4) is 0 Å². The molecule has 0 aliphatic heterocycles. The summed E-state index contributed by atoms with van der Waals surface area (Å²) in [6, 6.07) is 7.21. The van der Waals surface area contributed by atoms with Gasteiger partial charge in [0, 0.05) is 41.8 Å². The number of rotatable bonds is 6. The summed E-state index contributed by atoms with van der Waals surface area (Å²) in [6.07, 6.45) is 8.70. The molecule has 0 saturated heterocycles. The Morgan fingerprint density at radius 2 is 2.07 bits per heavy atom. The van der Waals surface area contributed by atoms with Gasteiger partial charge in [0.05, 0.1) is 0 Å². The zero-order chi connectivity index (χ0) is 20.2. The average molecular weight is 387 g/mol. The second-order valence-corrected chi connectivity index (χ2v) is 6.81. The van der Waals surface area contributed by atoms with E-state index < -0.39 is 0 Å². The molecule has 1 amide bonds. The third-order valence-electron chi connectivity index (χ3n) is 4.37. The van der Waals surface area contributed by atoms with Crippen molar-refractivity contribution in [1.82, 2.24) is 30.5 Å². The molecule has 0 aromatic carbocycles. The summed E-state index contributed by atoms with van der Waals surface area (Å²) in [5, 5.41) is 13.1. The highest BCUT2D eigenvalue weighted by Gasteiger charge is 2.11. The van der Waals surface area contributed by atoms with Crippen molar-refractivity contribution in [3.05, 3.63) is 71.3 Å². The minimum absolute atomic E-state index is 0.209. The fraction of sp³-hybridized carbons (Fsp3) is 0.190. The summed E-state index contributed by atoms with van der Waals surface area (Å²) in [5.41, 5.74) is 3.96. The van der Waals surface area contributed by atoms with Crippen LogP contribution in [0.2, 0.25) is 0 Å². The van der Waals surface area contributed by atoms with E-state index in [1.54, 1.807) is 18.3 Å². The Bertz CT molecular complexity index is 1100. The molecule has 146 valence electrons. The lowest BCUT2D eigenvalue weighted by Gasteiger charge is -2.08. The Hall–Kier alpha value is -3.81. The van der Waals surface area contributed by atoms with E-state index in [-0.39, 0.29) is 5.91 Å². The monoisotopic (exact) mass is 387 g/mol. The number of aromatic nitrogens is 5. The minimum Gasteiger partial charge on any atom is -0.347 e. The third-order valence-corrected chi connectivity index (χ3v) is 4.37. The summed E-state index contributed by atoms with van der Waals surface area (Å²) in [6.45, 7) is 4.33. The quantitative estimate of drug-likeness (QED) is 0.599. The maximum Gasteiger partial charge on any atom is 0.270 e. The van der Waals surface area contributed by atoms with Crippen LogP contribution in [0.5, 0.6) is 0 Å². The largest absolute Gasteiger partial charge is 0.347 e. The van der Waals surface area contributed by atoms with E-state index in [0.717, 1.165) is 28.9 Å². The second kappa shape index (κ2) is 8.05. The van der Waals surface area contributed by atoms with E-state index >= 15 is 0 Å². The zero-order valence-electron chi connectivity index (χ0n) is 16.2. The molecule has 29 heavy (non-hydrogen) atoms. The number of carbonyl (C=O) groups is 1. The fourth-order valence-corrected chi connectivity index (χ4v) is 2.95. The number of amides is 1. The summed E-state index contributed by atoms with van der Waals surface area (Å²) >= 11 is 0. The molecule has 0 saturated carbocycles. The number of aryl methyl sites for hydroxylation is 2. The van der Waals surface area contributed by atoms with Crippen molar-refractivity contribution in [3.8, 4) is 11.4 Å². The van der Waals surface area contributed by atoms with Crippen LogP contribution in [0.1, 0.15) is 28.3 Å². The van der Waals surface area contributed by atoms with Gasteiger partial charge in [-0.15, -0.1) is 0 Å². The number of hydrogen-bond donors (Lipinski definition) is 3. The molecule has 3 N–H and O–H groups in total. The van der Waals surface area contributed by atoms with Gasteiger partial charge in [-0.3, -0.25) is 14.9 Å². The molecule has 4 rings (SSSR count). The van der Waals surface area contributed by atoms with Crippen LogP contribution in [0, 0.1) is 13.8 Å². The lowest BCUT2D eigenvalue weighted by Crippen LogP contribution is -2.25. The topological polar surface area (TPSA) is 108 Å². The van der Waals surface area contributed by atoms with E-state index in [1.807, 2.05) is 32.1 Å². The molecule has 0 spiro atoms. The van der Waals surface area contributed by atoms with E-state index in [1.165, 1.54) is 0 Å². The van der Waals surface area contributed by atoms with Crippen molar-refractivity contribution in [1.29, 1.82) is 0 Å². The second-order valence-electron chi connectivity index (χ2n) is 6.81. The molecule has 0 unspecified atom stereocenters. The van der Waals surface area contributed by atoms with Gasteiger partial charge in [0.1, 0.15) is 11.5 Å². The smallest absolute Gasteiger partial charge is 0.270 e. The van der Waals surface area contributed by atoms with E-state index in [2.05, 4.69) is 47.9 Å². The summed E-state index contributed by atoms with van der Waals surface area (Å²) in [7, 11) is 0. The Labute approximate surface area is 168 Å². The first-order valence-corrected chi connectivity index (χ1v) is 9.32. The predicted octanol–water partition coefficient (Wildman–Crippen LogP) is 3.24. The van der Waals surface area contributed by atoms with Crippen LogP contribution in [0.25, 0.3) is 11.4 Å². The lowest BCUT2D eigenvalue weighted by atomic mass is 10.2. The maximum atomic E-state index is 12.3. The number of carbonyl (C=O) groups excluding carboxylic acids is 1. The Balaban J connectivity index is 1.48. The average Bonchev–Trinajstić information content (AvgIpc) is 3.37.